The van der Waals surface area contributed by atoms with E-state index >= 15 is 0 Å². The lowest BCUT2D eigenvalue weighted by atomic mass is 10.2. The van der Waals surface area contributed by atoms with Crippen molar-refractivity contribution in [3.05, 3.63) is 16.4 Å². The minimum absolute atomic E-state index is 0.284. The molecule has 1 fully saturated rings. The number of nitrogens with zero attached hydrogens (tertiary/aromatic N) is 2. The van der Waals surface area contributed by atoms with Gasteiger partial charge >= 0.3 is 5.76 Å². The molecule has 0 aliphatic heterocycles. The van der Waals surface area contributed by atoms with Crippen LogP contribution in [0.1, 0.15) is 57.2 Å². The summed E-state index contributed by atoms with van der Waals surface area (Å²) in [6, 6.07) is 0. The smallest absolute Gasteiger partial charge is 0.296 e. The molecule has 0 radical (unpaired) electrons. The Morgan fingerprint density at radius 1 is 1.40 bits per heavy atom. The van der Waals surface area contributed by atoms with E-state index in [1.54, 1.807) is 4.57 Å². The summed E-state index contributed by atoms with van der Waals surface area (Å²) in [5.41, 5.74) is 0. The lowest BCUT2D eigenvalue weighted by molar-refractivity contribution is 0.371. The van der Waals surface area contributed by atoms with Crippen molar-refractivity contribution in [3.8, 4) is 0 Å². The Morgan fingerprint density at radius 3 is 2.87 bits per heavy atom. The summed E-state index contributed by atoms with van der Waals surface area (Å²) < 4.78 is 6.43. The predicted molar refractivity (Wildman–Crippen MR) is 56.9 cm³/mol. The number of rotatable bonds is 6. The number of unbranched alkanes of at least 4 members (excludes halogenated alkanes) is 3. The van der Waals surface area contributed by atoms with Gasteiger partial charge in [-0.1, -0.05) is 31.3 Å². The van der Waals surface area contributed by atoms with Gasteiger partial charge in [-0.3, -0.25) is 9.09 Å². The highest BCUT2D eigenvalue weighted by atomic mass is 16.5. The van der Waals surface area contributed by atoms with Crippen LogP contribution in [0.3, 0.4) is 0 Å². The molecule has 0 spiro atoms. The molecule has 1 saturated carbocycles. The highest BCUT2D eigenvalue weighted by Crippen LogP contribution is 2.38. The molecule has 84 valence electrons. The third-order valence-electron chi connectivity index (χ3n) is 2.89. The molecule has 0 atom stereocenters. The van der Waals surface area contributed by atoms with Crippen LogP contribution in [-0.4, -0.2) is 9.72 Å². The molecule has 4 heteroatoms. The van der Waals surface area contributed by atoms with E-state index in [0.29, 0.717) is 5.92 Å². The van der Waals surface area contributed by atoms with Gasteiger partial charge in [0, 0.05) is 12.5 Å². The zero-order valence-electron chi connectivity index (χ0n) is 9.24. The summed E-state index contributed by atoms with van der Waals surface area (Å²) in [5, 5.41) is 3.85. The molecule has 1 aliphatic carbocycles. The third-order valence-corrected chi connectivity index (χ3v) is 2.89. The minimum Gasteiger partial charge on any atom is -0.296 e. The standard InChI is InChI=1S/C11H18N2O2/c1-2-3-4-5-8-13-10(9-6-7-9)12-15-11(13)14/h9H,2-8H2,1H3. The van der Waals surface area contributed by atoms with Crippen molar-refractivity contribution in [2.75, 3.05) is 0 Å². The van der Waals surface area contributed by atoms with Crippen molar-refractivity contribution in [1.29, 1.82) is 0 Å². The summed E-state index contributed by atoms with van der Waals surface area (Å²) in [6.45, 7) is 2.95. The van der Waals surface area contributed by atoms with Gasteiger partial charge in [-0.25, -0.2) is 4.79 Å². The Labute approximate surface area is 89.3 Å². The van der Waals surface area contributed by atoms with Gasteiger partial charge in [0.25, 0.3) is 0 Å². The molecule has 1 aromatic heterocycles. The molecule has 4 nitrogen and oxygen atoms in total. The van der Waals surface area contributed by atoms with Crippen LogP contribution < -0.4 is 5.76 Å². The zero-order chi connectivity index (χ0) is 10.7. The van der Waals surface area contributed by atoms with Gasteiger partial charge < -0.3 is 0 Å². The minimum atomic E-state index is -0.284. The first-order valence-corrected chi connectivity index (χ1v) is 5.89. The Kier molecular flexibility index (Phi) is 3.23. The first-order chi connectivity index (χ1) is 7.33. The van der Waals surface area contributed by atoms with Crippen LogP contribution in [0.15, 0.2) is 9.32 Å². The highest BCUT2D eigenvalue weighted by Gasteiger charge is 2.30. The molecule has 0 unspecified atom stereocenters. The lowest BCUT2D eigenvalue weighted by Crippen LogP contribution is -2.16. The average Bonchev–Trinajstić information content (AvgIpc) is 3.00. The van der Waals surface area contributed by atoms with E-state index in [-0.39, 0.29) is 5.76 Å². The van der Waals surface area contributed by atoms with E-state index in [1.165, 1.54) is 19.3 Å². The molecule has 0 N–H and O–H groups in total. The molecular formula is C11H18N2O2. The molecule has 0 bridgehead atoms. The topological polar surface area (TPSA) is 48.0 Å². The fourth-order valence-corrected chi connectivity index (χ4v) is 1.82. The quantitative estimate of drug-likeness (QED) is 0.677. The second-order valence-corrected chi connectivity index (χ2v) is 4.29. The van der Waals surface area contributed by atoms with E-state index in [9.17, 15) is 4.79 Å². The summed E-state index contributed by atoms with van der Waals surface area (Å²) in [6.07, 6.45) is 6.99. The van der Waals surface area contributed by atoms with Crippen LogP contribution in [-0.2, 0) is 6.54 Å². The van der Waals surface area contributed by atoms with Gasteiger partial charge in [-0.2, -0.15) is 0 Å². The van der Waals surface area contributed by atoms with E-state index in [2.05, 4.69) is 12.1 Å². The molecule has 1 aromatic rings. The second-order valence-electron chi connectivity index (χ2n) is 4.29. The first kappa shape index (κ1) is 10.5. The van der Waals surface area contributed by atoms with Crippen LogP contribution in [0, 0.1) is 0 Å². The van der Waals surface area contributed by atoms with E-state index < -0.39 is 0 Å². The lowest BCUT2D eigenvalue weighted by Gasteiger charge is -2.02. The van der Waals surface area contributed by atoms with Gasteiger partial charge in [0.05, 0.1) is 0 Å². The maximum absolute atomic E-state index is 11.4. The maximum atomic E-state index is 11.4. The van der Waals surface area contributed by atoms with Crippen LogP contribution in [0.25, 0.3) is 0 Å². The Bertz CT molecular complexity index is 363. The summed E-state index contributed by atoms with van der Waals surface area (Å²) in [5.74, 6) is 1.08. The molecule has 2 rings (SSSR count). The second kappa shape index (κ2) is 4.64. The van der Waals surface area contributed by atoms with Gasteiger partial charge in [-0.15, -0.1) is 0 Å². The summed E-state index contributed by atoms with van der Waals surface area (Å²) >= 11 is 0. The number of hydrogen-bond acceptors (Lipinski definition) is 3. The molecule has 0 amide bonds. The van der Waals surface area contributed by atoms with Crippen molar-refractivity contribution < 1.29 is 4.52 Å². The largest absolute Gasteiger partial charge is 0.441 e. The first-order valence-electron chi connectivity index (χ1n) is 5.89. The number of aromatic nitrogens is 2. The maximum Gasteiger partial charge on any atom is 0.441 e. The third kappa shape index (κ3) is 2.49. The van der Waals surface area contributed by atoms with E-state index in [1.807, 2.05) is 0 Å². The normalized spacial score (nSPS) is 15.8. The van der Waals surface area contributed by atoms with E-state index in [0.717, 1.165) is 31.6 Å². The van der Waals surface area contributed by atoms with Crippen LogP contribution in [0.4, 0.5) is 0 Å². The predicted octanol–water partition coefficient (Wildman–Crippen LogP) is 2.29. The monoisotopic (exact) mass is 210 g/mol. The molecule has 15 heavy (non-hydrogen) atoms. The summed E-state index contributed by atoms with van der Waals surface area (Å²) in [7, 11) is 0. The van der Waals surface area contributed by atoms with Crippen LogP contribution in [0.2, 0.25) is 0 Å². The fourth-order valence-electron chi connectivity index (χ4n) is 1.82. The van der Waals surface area contributed by atoms with Crippen molar-refractivity contribution >= 4 is 0 Å². The Balaban J connectivity index is 1.94. The van der Waals surface area contributed by atoms with Crippen LogP contribution in [0.5, 0.6) is 0 Å². The van der Waals surface area contributed by atoms with Crippen molar-refractivity contribution in [1.82, 2.24) is 9.72 Å². The van der Waals surface area contributed by atoms with E-state index in [4.69, 9.17) is 4.52 Å². The fraction of sp³-hybridized carbons (Fsp3) is 0.818. The van der Waals surface area contributed by atoms with Gasteiger partial charge in [-0.05, 0) is 19.3 Å². The molecular weight excluding hydrogens is 192 g/mol. The van der Waals surface area contributed by atoms with Gasteiger partial charge in [0.15, 0.2) is 5.82 Å². The zero-order valence-corrected chi connectivity index (χ0v) is 9.24. The Morgan fingerprint density at radius 2 is 2.20 bits per heavy atom. The Hall–Kier alpha value is -1.06. The average molecular weight is 210 g/mol. The van der Waals surface area contributed by atoms with Crippen LogP contribution >= 0.6 is 0 Å². The molecule has 0 saturated heterocycles. The molecule has 1 aliphatic rings. The summed E-state index contributed by atoms with van der Waals surface area (Å²) in [4.78, 5) is 11.4. The van der Waals surface area contributed by atoms with Gasteiger partial charge in [0.2, 0.25) is 0 Å². The molecule has 0 aromatic carbocycles. The highest BCUT2D eigenvalue weighted by molar-refractivity contribution is 5.03. The van der Waals surface area contributed by atoms with Crippen molar-refractivity contribution in [3.63, 3.8) is 0 Å². The van der Waals surface area contributed by atoms with Gasteiger partial charge in [0.1, 0.15) is 0 Å². The SMILES string of the molecule is CCCCCCn1c(C2CC2)noc1=O. The number of hydrogen-bond donors (Lipinski definition) is 0. The van der Waals surface area contributed by atoms with Crippen molar-refractivity contribution in [2.45, 2.75) is 57.9 Å². The molecule has 1 heterocycles. The van der Waals surface area contributed by atoms with Crippen molar-refractivity contribution in [2.24, 2.45) is 0 Å².